The molecule has 0 aliphatic heterocycles. The largest absolute Gasteiger partial charge is 0.268 e. The van der Waals surface area contributed by atoms with Crippen molar-refractivity contribution in [2.45, 2.75) is 31.4 Å². The number of nitrogens with one attached hydrogen (secondary N) is 1. The molecule has 1 aliphatic carbocycles. The van der Waals surface area contributed by atoms with Gasteiger partial charge < -0.3 is 0 Å². The van der Waals surface area contributed by atoms with Crippen LogP contribution in [-0.2, 0) is 16.4 Å². The number of carbonyl (C=O) groups is 1. The molecule has 0 atom stereocenters. The fourth-order valence-corrected chi connectivity index (χ4v) is 2.88. The molecule has 0 spiro atoms. The van der Waals surface area contributed by atoms with Crippen LogP contribution < -0.4 is 4.72 Å². The van der Waals surface area contributed by atoms with Crippen LogP contribution in [0.5, 0.6) is 0 Å². The third kappa shape index (κ3) is 2.85. The van der Waals surface area contributed by atoms with Crippen LogP contribution in [0.15, 0.2) is 24.3 Å². The van der Waals surface area contributed by atoms with Gasteiger partial charge in [0.15, 0.2) is 0 Å². The lowest BCUT2D eigenvalue weighted by molar-refractivity contribution is 0.0981. The van der Waals surface area contributed by atoms with Crippen molar-refractivity contribution in [2.24, 2.45) is 0 Å². The minimum atomic E-state index is -3.45. The normalized spacial score (nSPS) is 15.6. The lowest BCUT2D eigenvalue weighted by atomic mass is 10.1. The van der Waals surface area contributed by atoms with E-state index in [1.165, 1.54) is 0 Å². The quantitative estimate of drug-likeness (QED) is 0.883. The molecule has 0 heterocycles. The Morgan fingerprint density at radius 1 is 1.41 bits per heavy atom. The van der Waals surface area contributed by atoms with Crippen LogP contribution in [-0.4, -0.2) is 19.6 Å². The standard InChI is InChI=1S/C12H15NO3S/c1-2-9-4-3-5-10(8-9)12(14)13-17(15,16)11-6-7-11/h3-5,8,11H,2,6-7H2,1H3,(H,13,14). The zero-order valence-electron chi connectivity index (χ0n) is 9.64. The van der Waals surface area contributed by atoms with Gasteiger partial charge in [0, 0.05) is 5.56 Å². The van der Waals surface area contributed by atoms with E-state index in [0.29, 0.717) is 18.4 Å². The van der Waals surface area contributed by atoms with Gasteiger partial charge in [0.25, 0.3) is 5.91 Å². The second kappa shape index (κ2) is 4.49. The minimum absolute atomic E-state index is 0.374. The monoisotopic (exact) mass is 253 g/mol. The SMILES string of the molecule is CCc1cccc(C(=O)NS(=O)(=O)C2CC2)c1. The van der Waals surface area contributed by atoms with Crippen LogP contribution in [0.25, 0.3) is 0 Å². The summed E-state index contributed by atoms with van der Waals surface area (Å²) in [6, 6.07) is 7.01. The Bertz CT molecular complexity index is 532. The molecule has 17 heavy (non-hydrogen) atoms. The predicted octanol–water partition coefficient (Wildman–Crippen LogP) is 1.47. The maximum Gasteiger partial charge on any atom is 0.264 e. The van der Waals surface area contributed by atoms with Crippen LogP contribution in [0.3, 0.4) is 0 Å². The number of benzene rings is 1. The van der Waals surface area contributed by atoms with E-state index in [1.54, 1.807) is 18.2 Å². The molecule has 0 aromatic heterocycles. The Morgan fingerprint density at radius 3 is 2.71 bits per heavy atom. The van der Waals surface area contributed by atoms with Crippen molar-refractivity contribution in [3.8, 4) is 0 Å². The molecule has 1 aliphatic rings. The number of amides is 1. The minimum Gasteiger partial charge on any atom is -0.268 e. The highest BCUT2D eigenvalue weighted by atomic mass is 32.2. The molecular weight excluding hydrogens is 238 g/mol. The molecule has 92 valence electrons. The van der Waals surface area contributed by atoms with Gasteiger partial charge in [0.05, 0.1) is 5.25 Å². The average Bonchev–Trinajstić information content (AvgIpc) is 3.12. The summed E-state index contributed by atoms with van der Waals surface area (Å²) in [5.41, 5.74) is 1.41. The second-order valence-electron chi connectivity index (χ2n) is 4.23. The summed E-state index contributed by atoms with van der Waals surface area (Å²) in [6.07, 6.45) is 2.12. The lowest BCUT2D eigenvalue weighted by Gasteiger charge is -2.06. The summed E-state index contributed by atoms with van der Waals surface area (Å²) in [4.78, 5) is 11.8. The molecule has 0 unspecified atom stereocenters. The maximum absolute atomic E-state index is 11.8. The van der Waals surface area contributed by atoms with E-state index in [-0.39, 0.29) is 5.25 Å². The highest BCUT2D eigenvalue weighted by Gasteiger charge is 2.36. The Labute approximate surface area is 101 Å². The summed E-state index contributed by atoms with van der Waals surface area (Å²) < 4.78 is 25.3. The van der Waals surface area contributed by atoms with Crippen molar-refractivity contribution in [2.75, 3.05) is 0 Å². The van der Waals surface area contributed by atoms with Crippen molar-refractivity contribution in [3.05, 3.63) is 35.4 Å². The van der Waals surface area contributed by atoms with Gasteiger partial charge in [0.1, 0.15) is 0 Å². The van der Waals surface area contributed by atoms with Crippen LogP contribution >= 0.6 is 0 Å². The number of carbonyl (C=O) groups excluding carboxylic acids is 1. The molecule has 1 saturated carbocycles. The smallest absolute Gasteiger partial charge is 0.264 e. The summed E-state index contributed by atoms with van der Waals surface area (Å²) in [7, 11) is -3.45. The Morgan fingerprint density at radius 2 is 2.12 bits per heavy atom. The summed E-state index contributed by atoms with van der Waals surface area (Å²) in [5, 5.41) is -0.374. The lowest BCUT2D eigenvalue weighted by Crippen LogP contribution is -2.33. The molecule has 2 rings (SSSR count). The van der Waals surface area contributed by atoms with Crippen molar-refractivity contribution in [3.63, 3.8) is 0 Å². The van der Waals surface area contributed by atoms with Gasteiger partial charge in [-0.2, -0.15) is 0 Å². The van der Waals surface area contributed by atoms with Gasteiger partial charge in [-0.1, -0.05) is 19.1 Å². The van der Waals surface area contributed by atoms with Crippen molar-refractivity contribution in [1.82, 2.24) is 4.72 Å². The molecular formula is C12H15NO3S. The Hall–Kier alpha value is -1.36. The average molecular weight is 253 g/mol. The van der Waals surface area contributed by atoms with E-state index in [0.717, 1.165) is 12.0 Å². The number of aryl methyl sites for hydroxylation is 1. The van der Waals surface area contributed by atoms with Crippen LogP contribution in [0.1, 0.15) is 35.7 Å². The fraction of sp³-hybridized carbons (Fsp3) is 0.417. The maximum atomic E-state index is 11.8. The van der Waals surface area contributed by atoms with Crippen LogP contribution in [0.4, 0.5) is 0 Å². The van der Waals surface area contributed by atoms with E-state index >= 15 is 0 Å². The van der Waals surface area contributed by atoms with Crippen LogP contribution in [0.2, 0.25) is 0 Å². The second-order valence-corrected chi connectivity index (χ2v) is 6.19. The molecule has 0 bridgehead atoms. The van der Waals surface area contributed by atoms with Crippen molar-refractivity contribution in [1.29, 1.82) is 0 Å². The number of rotatable bonds is 4. The van der Waals surface area contributed by atoms with Gasteiger partial charge in [-0.25, -0.2) is 13.1 Å². The highest BCUT2D eigenvalue weighted by Crippen LogP contribution is 2.27. The van der Waals surface area contributed by atoms with Gasteiger partial charge in [-0.3, -0.25) is 4.79 Å². The summed E-state index contributed by atoms with van der Waals surface area (Å²) in [6.45, 7) is 1.98. The van der Waals surface area contributed by atoms with Gasteiger partial charge in [0.2, 0.25) is 10.0 Å². The van der Waals surface area contributed by atoms with Crippen molar-refractivity contribution >= 4 is 15.9 Å². The molecule has 1 aromatic carbocycles. The zero-order valence-corrected chi connectivity index (χ0v) is 10.5. The first-order chi connectivity index (χ1) is 8.03. The highest BCUT2D eigenvalue weighted by molar-refractivity contribution is 7.91. The Kier molecular flexibility index (Phi) is 3.19. The van der Waals surface area contributed by atoms with Gasteiger partial charge >= 0.3 is 0 Å². The summed E-state index contributed by atoms with van der Waals surface area (Å²) >= 11 is 0. The van der Waals surface area contributed by atoms with Crippen molar-refractivity contribution < 1.29 is 13.2 Å². The predicted molar refractivity (Wildman–Crippen MR) is 65.2 cm³/mol. The molecule has 5 heteroatoms. The van der Waals surface area contributed by atoms with E-state index in [9.17, 15) is 13.2 Å². The molecule has 1 aromatic rings. The summed E-state index contributed by atoms with van der Waals surface area (Å²) in [5.74, 6) is -0.535. The molecule has 0 saturated heterocycles. The first kappa shape index (κ1) is 12.1. The third-order valence-electron chi connectivity index (χ3n) is 2.80. The van der Waals surface area contributed by atoms with E-state index < -0.39 is 15.9 Å². The van der Waals surface area contributed by atoms with Crippen LogP contribution in [0, 0.1) is 0 Å². The third-order valence-corrected chi connectivity index (χ3v) is 4.61. The topological polar surface area (TPSA) is 63.2 Å². The molecule has 1 fully saturated rings. The number of hydrogen-bond donors (Lipinski definition) is 1. The molecule has 0 radical (unpaired) electrons. The molecule has 1 amide bonds. The Balaban J connectivity index is 2.14. The number of sulfonamides is 1. The van der Waals surface area contributed by atoms with E-state index in [1.807, 2.05) is 13.0 Å². The van der Waals surface area contributed by atoms with Gasteiger partial charge in [-0.05, 0) is 37.0 Å². The van der Waals surface area contributed by atoms with Gasteiger partial charge in [-0.15, -0.1) is 0 Å². The first-order valence-electron chi connectivity index (χ1n) is 5.68. The van der Waals surface area contributed by atoms with E-state index in [2.05, 4.69) is 4.72 Å². The van der Waals surface area contributed by atoms with E-state index in [4.69, 9.17) is 0 Å². The number of hydrogen-bond acceptors (Lipinski definition) is 3. The molecule has 1 N–H and O–H groups in total. The first-order valence-corrected chi connectivity index (χ1v) is 7.22. The zero-order chi connectivity index (χ0) is 12.5. The fourth-order valence-electron chi connectivity index (χ4n) is 1.58. The molecule has 4 nitrogen and oxygen atoms in total.